The molecule has 1 saturated carbocycles. The van der Waals surface area contributed by atoms with Crippen molar-refractivity contribution in [2.45, 2.75) is 30.6 Å². The molecule has 0 bridgehead atoms. The molecule has 0 heterocycles. The lowest BCUT2D eigenvalue weighted by Crippen LogP contribution is -2.31. The number of carbonyl (C=O) groups excluding carboxylic acids is 2. The van der Waals surface area contributed by atoms with Crippen molar-refractivity contribution < 1.29 is 9.59 Å². The minimum absolute atomic E-state index is 0.0153. The molecular weight excluding hydrogens is 335 g/mol. The molecule has 1 fully saturated rings. The summed E-state index contributed by atoms with van der Waals surface area (Å²) in [7, 11) is 0. The van der Waals surface area contributed by atoms with Gasteiger partial charge in [0.05, 0.1) is 17.2 Å². The van der Waals surface area contributed by atoms with E-state index in [1.165, 1.54) is 6.07 Å². The molecular formula is C14H15Cl3N2O2. The summed E-state index contributed by atoms with van der Waals surface area (Å²) in [4.78, 5) is 24.2. The van der Waals surface area contributed by atoms with Crippen molar-refractivity contribution in [3.63, 3.8) is 0 Å². The van der Waals surface area contributed by atoms with Gasteiger partial charge in [0.1, 0.15) is 4.33 Å². The molecule has 21 heavy (non-hydrogen) atoms. The minimum Gasteiger partial charge on any atom is -0.350 e. The largest absolute Gasteiger partial charge is 0.350 e. The number of benzene rings is 1. The Morgan fingerprint density at radius 2 is 1.95 bits per heavy atom. The van der Waals surface area contributed by atoms with Crippen LogP contribution in [0.5, 0.6) is 0 Å². The van der Waals surface area contributed by atoms with Gasteiger partial charge < -0.3 is 10.6 Å². The number of rotatable bonds is 4. The fourth-order valence-electron chi connectivity index (χ4n) is 1.88. The summed E-state index contributed by atoms with van der Waals surface area (Å²) < 4.78 is -1.01. The van der Waals surface area contributed by atoms with Crippen molar-refractivity contribution in [1.82, 2.24) is 5.32 Å². The van der Waals surface area contributed by atoms with Gasteiger partial charge in [-0.1, -0.05) is 11.6 Å². The van der Waals surface area contributed by atoms with E-state index in [2.05, 4.69) is 10.6 Å². The molecule has 1 aliphatic carbocycles. The lowest BCUT2D eigenvalue weighted by Gasteiger charge is -2.13. The maximum absolute atomic E-state index is 12.1. The van der Waals surface area contributed by atoms with E-state index >= 15 is 0 Å². The van der Waals surface area contributed by atoms with Crippen LogP contribution < -0.4 is 10.6 Å². The summed E-state index contributed by atoms with van der Waals surface area (Å²) in [6.45, 7) is 3.71. The van der Waals surface area contributed by atoms with Gasteiger partial charge in [-0.05, 0) is 38.5 Å². The van der Waals surface area contributed by atoms with Crippen LogP contribution in [0, 0.1) is 5.92 Å². The third kappa shape index (κ3) is 4.02. The van der Waals surface area contributed by atoms with Gasteiger partial charge in [-0.25, -0.2) is 0 Å². The first-order valence-electron chi connectivity index (χ1n) is 6.50. The van der Waals surface area contributed by atoms with E-state index in [4.69, 9.17) is 34.8 Å². The van der Waals surface area contributed by atoms with Gasteiger partial charge in [0.15, 0.2) is 0 Å². The first-order valence-corrected chi connectivity index (χ1v) is 7.63. The highest BCUT2D eigenvalue weighted by atomic mass is 35.5. The summed E-state index contributed by atoms with van der Waals surface area (Å²) in [5.41, 5.74) is 0.693. The van der Waals surface area contributed by atoms with Crippen LogP contribution in [-0.4, -0.2) is 22.2 Å². The Morgan fingerprint density at radius 1 is 1.33 bits per heavy atom. The molecule has 4 nitrogen and oxygen atoms in total. The molecule has 1 unspecified atom stereocenters. The average Bonchev–Trinajstić information content (AvgIpc) is 2.97. The van der Waals surface area contributed by atoms with E-state index in [1.54, 1.807) is 12.1 Å². The van der Waals surface area contributed by atoms with Gasteiger partial charge in [0, 0.05) is 11.1 Å². The molecule has 0 aliphatic heterocycles. The highest BCUT2D eigenvalue weighted by Gasteiger charge is 2.56. The summed E-state index contributed by atoms with van der Waals surface area (Å²) >= 11 is 17.7. The second-order valence-corrected chi connectivity index (χ2v) is 7.30. The SMILES string of the molecule is CC(C)NC(=O)c1ccc(Cl)cc1NC(=O)C1CC1(Cl)Cl. The monoisotopic (exact) mass is 348 g/mol. The van der Waals surface area contributed by atoms with Crippen molar-refractivity contribution in [3.05, 3.63) is 28.8 Å². The number of hydrogen-bond donors (Lipinski definition) is 2. The van der Waals surface area contributed by atoms with Gasteiger partial charge in [-0.2, -0.15) is 0 Å². The van der Waals surface area contributed by atoms with E-state index in [9.17, 15) is 9.59 Å². The Balaban J connectivity index is 2.19. The predicted molar refractivity (Wildman–Crippen MR) is 85.2 cm³/mol. The van der Waals surface area contributed by atoms with E-state index in [1.807, 2.05) is 13.8 Å². The molecule has 0 aromatic heterocycles. The van der Waals surface area contributed by atoms with Crippen LogP contribution in [0.1, 0.15) is 30.6 Å². The van der Waals surface area contributed by atoms with Crippen molar-refractivity contribution in [1.29, 1.82) is 0 Å². The lowest BCUT2D eigenvalue weighted by atomic mass is 10.1. The Hall–Kier alpha value is -0.970. The number of alkyl halides is 2. The van der Waals surface area contributed by atoms with Crippen molar-refractivity contribution in [2.75, 3.05) is 5.32 Å². The number of hydrogen-bond acceptors (Lipinski definition) is 2. The number of halogens is 3. The summed E-state index contributed by atoms with van der Waals surface area (Å²) in [5.74, 6) is -1.07. The first kappa shape index (κ1) is 16.4. The van der Waals surface area contributed by atoms with E-state index in [-0.39, 0.29) is 17.9 Å². The molecule has 1 aliphatic rings. The van der Waals surface area contributed by atoms with Crippen molar-refractivity contribution >= 4 is 52.3 Å². The van der Waals surface area contributed by atoms with Crippen LogP contribution in [0.15, 0.2) is 18.2 Å². The third-order valence-electron chi connectivity index (χ3n) is 3.05. The summed E-state index contributed by atoms with van der Waals surface area (Å²) in [6.07, 6.45) is 0.399. The molecule has 0 saturated heterocycles. The van der Waals surface area contributed by atoms with Crippen molar-refractivity contribution in [3.8, 4) is 0 Å². The molecule has 1 aromatic carbocycles. The normalized spacial score (nSPS) is 19.2. The van der Waals surface area contributed by atoms with Crippen LogP contribution in [0.2, 0.25) is 5.02 Å². The highest BCUT2D eigenvalue weighted by molar-refractivity contribution is 6.52. The topological polar surface area (TPSA) is 58.2 Å². The van der Waals surface area contributed by atoms with Gasteiger partial charge in [-0.15, -0.1) is 23.2 Å². The zero-order valence-corrected chi connectivity index (χ0v) is 13.8. The maximum Gasteiger partial charge on any atom is 0.253 e. The molecule has 2 amide bonds. The molecule has 2 rings (SSSR count). The van der Waals surface area contributed by atoms with Gasteiger partial charge in [0.25, 0.3) is 5.91 Å². The molecule has 0 radical (unpaired) electrons. The molecule has 1 atom stereocenters. The van der Waals surface area contributed by atoms with E-state index in [0.717, 1.165) is 0 Å². The van der Waals surface area contributed by atoms with Crippen LogP contribution in [0.25, 0.3) is 0 Å². The average molecular weight is 350 g/mol. The lowest BCUT2D eigenvalue weighted by molar-refractivity contribution is -0.117. The van der Waals surface area contributed by atoms with Gasteiger partial charge in [0.2, 0.25) is 5.91 Å². The molecule has 1 aromatic rings. The van der Waals surface area contributed by atoms with Crippen LogP contribution in [0.4, 0.5) is 5.69 Å². The minimum atomic E-state index is -1.01. The second kappa shape index (κ2) is 6.03. The Morgan fingerprint density at radius 3 is 2.48 bits per heavy atom. The quantitative estimate of drug-likeness (QED) is 0.816. The van der Waals surface area contributed by atoms with E-state index in [0.29, 0.717) is 22.7 Å². The number of carbonyl (C=O) groups is 2. The summed E-state index contributed by atoms with van der Waals surface area (Å²) in [5, 5.41) is 5.86. The van der Waals surface area contributed by atoms with Gasteiger partial charge >= 0.3 is 0 Å². The zero-order chi connectivity index (χ0) is 15.8. The van der Waals surface area contributed by atoms with E-state index < -0.39 is 10.3 Å². The first-order chi connectivity index (χ1) is 9.70. The number of anilines is 1. The standard InChI is InChI=1S/C14H15Cl3N2O2/c1-7(2)18-12(20)9-4-3-8(15)5-11(9)19-13(21)10-6-14(10,16)17/h3-5,7,10H,6H2,1-2H3,(H,18,20)(H,19,21). The van der Waals surface area contributed by atoms with Gasteiger partial charge in [-0.3, -0.25) is 9.59 Å². The zero-order valence-electron chi connectivity index (χ0n) is 11.5. The molecule has 0 spiro atoms. The molecule has 2 N–H and O–H groups in total. The Labute approximate surface area is 138 Å². The number of nitrogens with one attached hydrogen (secondary N) is 2. The smallest absolute Gasteiger partial charge is 0.253 e. The summed E-state index contributed by atoms with van der Waals surface area (Å²) in [6, 6.07) is 4.67. The molecule has 114 valence electrons. The maximum atomic E-state index is 12.1. The third-order valence-corrected chi connectivity index (χ3v) is 4.12. The van der Waals surface area contributed by atoms with Crippen LogP contribution >= 0.6 is 34.8 Å². The fraction of sp³-hybridized carbons (Fsp3) is 0.429. The highest BCUT2D eigenvalue weighted by Crippen LogP contribution is 2.53. The Kier molecular flexibility index (Phi) is 4.71. The Bertz CT molecular complexity index is 588. The number of amides is 2. The van der Waals surface area contributed by atoms with Crippen LogP contribution in [0.3, 0.4) is 0 Å². The molecule has 7 heteroatoms. The van der Waals surface area contributed by atoms with Crippen molar-refractivity contribution in [2.24, 2.45) is 5.92 Å². The predicted octanol–water partition coefficient (Wildman–Crippen LogP) is 3.61. The van der Waals surface area contributed by atoms with Crippen LogP contribution in [-0.2, 0) is 4.79 Å². The second-order valence-electron chi connectivity index (χ2n) is 5.33. The fourth-order valence-corrected chi connectivity index (χ4v) is 2.55.